The van der Waals surface area contributed by atoms with Crippen molar-refractivity contribution in [3.05, 3.63) is 35.9 Å². The average Bonchev–Trinajstić information content (AvgIpc) is 2.85. The zero-order valence-corrected chi connectivity index (χ0v) is 22.0. The second-order valence-corrected chi connectivity index (χ2v) is 10.5. The van der Waals surface area contributed by atoms with Crippen LogP contribution in [0.15, 0.2) is 30.3 Å². The molecule has 0 bridgehead atoms. The van der Waals surface area contributed by atoms with Crippen LogP contribution in [0.1, 0.15) is 52.0 Å². The predicted molar refractivity (Wildman–Crippen MR) is 131 cm³/mol. The highest BCUT2D eigenvalue weighted by molar-refractivity contribution is 5.82. The lowest BCUT2D eigenvalue weighted by Crippen LogP contribution is -2.60. The summed E-state index contributed by atoms with van der Waals surface area (Å²) in [7, 11) is 0. The zero-order chi connectivity index (χ0) is 27.9. The van der Waals surface area contributed by atoms with Crippen molar-refractivity contribution in [3.8, 4) is 0 Å². The largest absolute Gasteiger partial charge is 0.471 e. The Hall–Kier alpha value is -3.02. The number of rotatable bonds is 6. The minimum atomic E-state index is -5.05. The van der Waals surface area contributed by atoms with E-state index in [1.165, 1.54) is 4.90 Å². The monoisotopic (exact) mass is 543 g/mol. The van der Waals surface area contributed by atoms with Crippen LogP contribution in [0.3, 0.4) is 0 Å². The number of likely N-dealkylation sites (tertiary alicyclic amines) is 2. The van der Waals surface area contributed by atoms with Crippen LogP contribution in [0.25, 0.3) is 0 Å². The fourth-order valence-electron chi connectivity index (χ4n) is 4.48. The molecule has 2 aliphatic rings. The molecule has 0 unspecified atom stereocenters. The first kappa shape index (κ1) is 29.5. The van der Waals surface area contributed by atoms with E-state index in [9.17, 15) is 27.6 Å². The average molecular weight is 544 g/mol. The molecular formula is C26H36F3N3O6. The third kappa shape index (κ3) is 8.78. The molecule has 0 saturated carbocycles. The first-order valence-electron chi connectivity index (χ1n) is 12.8. The van der Waals surface area contributed by atoms with Gasteiger partial charge in [0.25, 0.3) is 0 Å². The number of benzene rings is 1. The van der Waals surface area contributed by atoms with Crippen molar-refractivity contribution in [1.29, 1.82) is 0 Å². The molecule has 0 aromatic heterocycles. The van der Waals surface area contributed by atoms with E-state index in [-0.39, 0.29) is 32.3 Å². The van der Waals surface area contributed by atoms with Crippen LogP contribution in [0.2, 0.25) is 0 Å². The normalized spacial score (nSPS) is 21.1. The molecule has 0 aliphatic carbocycles. The van der Waals surface area contributed by atoms with Gasteiger partial charge in [0.2, 0.25) is 0 Å². The van der Waals surface area contributed by atoms with Gasteiger partial charge in [0, 0.05) is 19.6 Å². The minimum absolute atomic E-state index is 0.00640. The van der Waals surface area contributed by atoms with Crippen molar-refractivity contribution in [2.75, 3.05) is 26.2 Å². The number of nitrogens with one attached hydrogen (secondary N) is 1. The second kappa shape index (κ2) is 12.7. The molecule has 3 amide bonds. The van der Waals surface area contributed by atoms with Crippen molar-refractivity contribution in [2.45, 2.75) is 83.0 Å². The lowest BCUT2D eigenvalue weighted by Gasteiger charge is -2.41. The summed E-state index contributed by atoms with van der Waals surface area (Å²) >= 11 is 0. The maximum atomic E-state index is 13.0. The van der Waals surface area contributed by atoms with Gasteiger partial charge in [0.15, 0.2) is 0 Å². The molecule has 2 saturated heterocycles. The van der Waals surface area contributed by atoms with E-state index >= 15 is 0 Å². The molecule has 2 fully saturated rings. The Kier molecular flexibility index (Phi) is 9.86. The fraction of sp³-hybridized carbons (Fsp3) is 0.654. The molecule has 12 heteroatoms. The number of hydrogen-bond acceptors (Lipinski definition) is 6. The highest BCUT2D eigenvalue weighted by Crippen LogP contribution is 2.24. The van der Waals surface area contributed by atoms with E-state index in [0.717, 1.165) is 5.56 Å². The van der Waals surface area contributed by atoms with Crippen molar-refractivity contribution in [1.82, 2.24) is 15.1 Å². The van der Waals surface area contributed by atoms with Crippen LogP contribution in [0.4, 0.5) is 22.8 Å². The third-order valence-electron chi connectivity index (χ3n) is 6.39. The number of halogens is 3. The van der Waals surface area contributed by atoms with Gasteiger partial charge < -0.3 is 29.3 Å². The van der Waals surface area contributed by atoms with Crippen LogP contribution in [-0.2, 0) is 25.6 Å². The van der Waals surface area contributed by atoms with Crippen LogP contribution in [0.5, 0.6) is 0 Å². The van der Waals surface area contributed by atoms with Crippen molar-refractivity contribution in [2.24, 2.45) is 0 Å². The summed E-state index contributed by atoms with van der Waals surface area (Å²) in [5, 5.41) is 2.04. The molecule has 38 heavy (non-hydrogen) atoms. The van der Waals surface area contributed by atoms with E-state index in [1.54, 1.807) is 49.9 Å². The maximum Gasteiger partial charge on any atom is 0.471 e. The molecule has 1 N–H and O–H groups in total. The van der Waals surface area contributed by atoms with Crippen molar-refractivity contribution >= 4 is 18.1 Å². The van der Waals surface area contributed by atoms with Gasteiger partial charge in [-0.1, -0.05) is 30.3 Å². The lowest BCUT2D eigenvalue weighted by atomic mass is 9.96. The van der Waals surface area contributed by atoms with Crippen LogP contribution in [-0.4, -0.2) is 84.1 Å². The van der Waals surface area contributed by atoms with E-state index < -0.39 is 42.0 Å². The summed E-state index contributed by atoms with van der Waals surface area (Å²) in [5.41, 5.74) is 0.157. The Morgan fingerprint density at radius 2 is 1.63 bits per heavy atom. The van der Waals surface area contributed by atoms with Gasteiger partial charge in [-0.05, 0) is 52.0 Å². The molecule has 2 aliphatic heterocycles. The number of amides is 3. The molecule has 0 spiro atoms. The number of carbonyl (C=O) groups excluding carboxylic acids is 3. The van der Waals surface area contributed by atoms with E-state index in [2.05, 4.69) is 0 Å². The predicted octanol–water partition coefficient (Wildman–Crippen LogP) is 4.25. The number of hydrogen-bond donors (Lipinski definition) is 1. The first-order valence-corrected chi connectivity index (χ1v) is 12.8. The first-order chi connectivity index (χ1) is 17.8. The molecule has 0 radical (unpaired) electrons. The van der Waals surface area contributed by atoms with Crippen LogP contribution < -0.4 is 5.32 Å². The van der Waals surface area contributed by atoms with E-state index in [4.69, 9.17) is 14.2 Å². The number of nitrogens with zero attached hydrogens (tertiary/aromatic N) is 2. The summed E-state index contributed by atoms with van der Waals surface area (Å²) in [6, 6.07) is 7.22. The molecule has 2 atom stereocenters. The highest BCUT2D eigenvalue weighted by atomic mass is 19.4. The topological polar surface area (TPSA) is 97.4 Å². The smallest absolute Gasteiger partial charge is 0.445 e. The number of alkyl halides is 3. The van der Waals surface area contributed by atoms with Gasteiger partial charge in [-0.2, -0.15) is 13.2 Å². The van der Waals surface area contributed by atoms with Gasteiger partial charge in [-0.15, -0.1) is 0 Å². The summed E-state index contributed by atoms with van der Waals surface area (Å²) in [6.45, 7) is 6.35. The van der Waals surface area contributed by atoms with E-state index in [0.29, 0.717) is 32.4 Å². The molecule has 3 rings (SSSR count). The lowest BCUT2D eigenvalue weighted by molar-refractivity contribution is -0.175. The summed E-state index contributed by atoms with van der Waals surface area (Å²) < 4.78 is 55.8. The van der Waals surface area contributed by atoms with Crippen molar-refractivity contribution < 1.29 is 41.8 Å². The minimum Gasteiger partial charge on any atom is -0.445 e. The van der Waals surface area contributed by atoms with Crippen molar-refractivity contribution in [3.63, 3.8) is 0 Å². The highest BCUT2D eigenvalue weighted by Gasteiger charge is 2.44. The number of carbonyl (C=O) groups is 3. The maximum absolute atomic E-state index is 13.0. The molecule has 1 aromatic carbocycles. The fourth-order valence-corrected chi connectivity index (χ4v) is 4.48. The van der Waals surface area contributed by atoms with Gasteiger partial charge in [-0.3, -0.25) is 4.79 Å². The van der Waals surface area contributed by atoms with Gasteiger partial charge in [-0.25, -0.2) is 9.59 Å². The van der Waals surface area contributed by atoms with Gasteiger partial charge in [0.1, 0.15) is 12.2 Å². The van der Waals surface area contributed by atoms with E-state index in [1.807, 2.05) is 11.4 Å². The number of ether oxygens (including phenoxy) is 3. The Morgan fingerprint density at radius 3 is 2.24 bits per heavy atom. The second-order valence-electron chi connectivity index (χ2n) is 10.5. The quantitative estimate of drug-likeness (QED) is 0.576. The Morgan fingerprint density at radius 1 is 0.974 bits per heavy atom. The summed E-state index contributed by atoms with van der Waals surface area (Å²) in [4.78, 5) is 39.9. The van der Waals surface area contributed by atoms with Crippen LogP contribution >= 0.6 is 0 Å². The van der Waals surface area contributed by atoms with Crippen LogP contribution in [0, 0.1) is 0 Å². The molecular weight excluding hydrogens is 507 g/mol. The van der Waals surface area contributed by atoms with Gasteiger partial charge >= 0.3 is 24.3 Å². The molecule has 1 aromatic rings. The Bertz CT molecular complexity index is 946. The zero-order valence-electron chi connectivity index (χ0n) is 22.0. The Labute approximate surface area is 220 Å². The number of piperidine rings is 2. The SMILES string of the molecule is CC(C)(C)OC(=O)N1CCC(OC[C@H]2[C@@H](NC(=O)C(F)(F)F)CCCN2C(=O)OCc2ccccc2)CC1. The molecule has 212 valence electrons. The summed E-state index contributed by atoms with van der Waals surface area (Å²) in [6.07, 6.45) is -4.75. The molecule has 9 nitrogen and oxygen atoms in total. The Balaban J connectivity index is 1.62. The third-order valence-corrected chi connectivity index (χ3v) is 6.39. The molecule has 2 heterocycles. The van der Waals surface area contributed by atoms with Gasteiger partial charge in [0.05, 0.1) is 24.8 Å². The standard InChI is InChI=1S/C26H36F3N3O6/c1-25(2,3)38-23(34)31-14-11-19(12-15-31)36-17-21-20(30-22(33)26(27,28)29)10-7-13-32(21)24(35)37-16-18-8-5-4-6-9-18/h4-6,8-9,19-21H,7,10-17H2,1-3H3,(H,30,33)/t20-,21-/m0/s1. The summed E-state index contributed by atoms with van der Waals surface area (Å²) in [5.74, 6) is -2.06.